The van der Waals surface area contributed by atoms with Gasteiger partial charge in [0, 0.05) is 51.1 Å². The predicted molar refractivity (Wildman–Crippen MR) is 184 cm³/mol. The van der Waals surface area contributed by atoms with Gasteiger partial charge >= 0.3 is 0 Å². The van der Waals surface area contributed by atoms with E-state index in [0.29, 0.717) is 13.2 Å². The van der Waals surface area contributed by atoms with Crippen LogP contribution in [0.3, 0.4) is 0 Å². The Balaban J connectivity index is 1.94. The van der Waals surface area contributed by atoms with Crippen molar-refractivity contribution in [2.75, 3.05) is 20.3 Å². The van der Waals surface area contributed by atoms with Crippen molar-refractivity contribution in [1.82, 2.24) is 4.90 Å². The van der Waals surface area contributed by atoms with Crippen LogP contribution < -0.4 is 9.47 Å². The summed E-state index contributed by atoms with van der Waals surface area (Å²) in [5.74, 6) is 1.74. The van der Waals surface area contributed by atoms with Crippen LogP contribution >= 0.6 is 0 Å². The lowest BCUT2D eigenvalue weighted by Crippen LogP contribution is -2.19. The Labute approximate surface area is 249 Å². The van der Waals surface area contributed by atoms with Gasteiger partial charge in [-0.15, -0.1) is 0 Å². The molecule has 1 aliphatic heterocycles. The van der Waals surface area contributed by atoms with Gasteiger partial charge < -0.3 is 14.4 Å². The second-order valence-corrected chi connectivity index (χ2v) is 11.4. The molecule has 0 spiro atoms. The molecule has 0 unspecified atom stereocenters. The van der Waals surface area contributed by atoms with E-state index in [-0.39, 0.29) is 0 Å². The van der Waals surface area contributed by atoms with Crippen molar-refractivity contribution in [3.63, 3.8) is 0 Å². The molecule has 6 rings (SSSR count). The van der Waals surface area contributed by atoms with Crippen LogP contribution in [-0.2, 0) is 0 Å². The molecule has 5 aromatic rings. The van der Waals surface area contributed by atoms with Crippen LogP contribution in [-0.4, -0.2) is 25.2 Å². The van der Waals surface area contributed by atoms with Crippen LogP contribution in [0.15, 0.2) is 62.7 Å². The minimum Gasteiger partial charge on any atom is -0.493 e. The number of nitrogens with zero attached hydrogens (tertiary/aromatic N) is 1. The smallest absolute Gasteiger partial charge is 0.128 e. The van der Waals surface area contributed by atoms with Gasteiger partial charge in [-0.25, -0.2) is 0 Å². The Kier molecular flexibility index (Phi) is 7.01. The number of fused-ring (bicyclic) bond motifs is 2. The van der Waals surface area contributed by atoms with Crippen molar-refractivity contribution in [1.29, 1.82) is 0 Å². The normalized spacial score (nSPS) is 13.2. The van der Waals surface area contributed by atoms with Crippen molar-refractivity contribution in [2.45, 2.75) is 53.4 Å². The Morgan fingerprint density at radius 1 is 0.619 bits per heavy atom. The highest BCUT2D eigenvalue weighted by Crippen LogP contribution is 2.54. The summed E-state index contributed by atoms with van der Waals surface area (Å²) in [7, 11) is 2.03. The number of allylic oxidation sites excluding steroid dienone is 2. The molecule has 0 amide bonds. The summed E-state index contributed by atoms with van der Waals surface area (Å²) >= 11 is 0. The SMILES string of the molecule is C=C(CCC)c1ccc2c3c(OCC)cc4c5c(cc(OCC)c(c6ccc(C(=C)CCC)c1c26)c53)C(=C)N(C)C4=C. The molecule has 0 N–H and O–H groups in total. The lowest BCUT2D eigenvalue weighted by molar-refractivity contribution is 0.343. The fourth-order valence-corrected chi connectivity index (χ4v) is 7.01. The van der Waals surface area contributed by atoms with Gasteiger partial charge in [0.15, 0.2) is 0 Å². The lowest BCUT2D eigenvalue weighted by Gasteiger charge is -2.34. The fourth-order valence-electron chi connectivity index (χ4n) is 7.01. The summed E-state index contributed by atoms with van der Waals surface area (Å²) in [5, 5.41) is 9.36. The number of ether oxygens (including phenoxy) is 2. The molecule has 214 valence electrons. The second kappa shape index (κ2) is 10.5. The summed E-state index contributed by atoms with van der Waals surface area (Å²) in [6, 6.07) is 13.5. The first-order valence-electron chi connectivity index (χ1n) is 15.3. The van der Waals surface area contributed by atoms with Gasteiger partial charge in [0.05, 0.1) is 13.2 Å². The summed E-state index contributed by atoms with van der Waals surface area (Å²) in [6.07, 6.45) is 3.99. The molecule has 1 aliphatic rings. The van der Waals surface area contributed by atoms with Crippen molar-refractivity contribution in [3.8, 4) is 11.5 Å². The highest BCUT2D eigenvalue weighted by molar-refractivity contribution is 6.38. The number of rotatable bonds is 10. The van der Waals surface area contributed by atoms with Crippen molar-refractivity contribution in [2.24, 2.45) is 0 Å². The Hall–Kier alpha value is -4.24. The van der Waals surface area contributed by atoms with E-state index < -0.39 is 0 Å². The van der Waals surface area contributed by atoms with Crippen LogP contribution in [0.25, 0.3) is 65.6 Å². The molecule has 3 heteroatoms. The average Bonchev–Trinajstić information content (AvgIpc) is 2.98. The van der Waals surface area contributed by atoms with Gasteiger partial charge in [-0.1, -0.05) is 77.3 Å². The first-order valence-corrected chi connectivity index (χ1v) is 15.3. The van der Waals surface area contributed by atoms with Crippen molar-refractivity contribution >= 4 is 65.6 Å². The van der Waals surface area contributed by atoms with Gasteiger partial charge in [-0.3, -0.25) is 0 Å². The van der Waals surface area contributed by atoms with Gasteiger partial charge in [-0.05, 0) is 82.6 Å². The predicted octanol–water partition coefficient (Wildman–Crippen LogP) is 11.0. The quantitative estimate of drug-likeness (QED) is 0.126. The van der Waals surface area contributed by atoms with E-state index in [1.807, 2.05) is 20.9 Å². The molecule has 5 aromatic carbocycles. The Bertz CT molecular complexity index is 1830. The minimum atomic E-state index is 0.565. The fraction of sp³-hybridized carbons (Fsp3) is 0.282. The van der Waals surface area contributed by atoms with Crippen LogP contribution in [0.2, 0.25) is 0 Å². The van der Waals surface area contributed by atoms with E-state index in [1.54, 1.807) is 0 Å². The molecule has 0 bridgehead atoms. The largest absolute Gasteiger partial charge is 0.493 e. The highest BCUT2D eigenvalue weighted by atomic mass is 16.5. The minimum absolute atomic E-state index is 0.565. The molecule has 0 atom stereocenters. The van der Waals surface area contributed by atoms with E-state index in [4.69, 9.17) is 9.47 Å². The molecular formula is C39H41NO2. The average molecular weight is 556 g/mol. The Morgan fingerprint density at radius 3 is 1.48 bits per heavy atom. The lowest BCUT2D eigenvalue weighted by atomic mass is 9.80. The standard InChI is InChI=1S/C39H41NO2/c1-10-14-22(5)26-16-18-28-35-29(19-17-27(34(26)35)23(6)15-11-2)38-33(42-13-4)21-31-25(8)40(9)24(7)30-20-32(41-12-3)37(28)39(38)36(30)31/h16-21H,5-8,10-15H2,1-4,9H3. The van der Waals surface area contributed by atoms with Gasteiger partial charge in [0.1, 0.15) is 11.5 Å². The molecule has 0 radical (unpaired) electrons. The molecule has 0 aromatic heterocycles. The zero-order valence-electron chi connectivity index (χ0n) is 25.8. The molecule has 1 heterocycles. The third kappa shape index (κ3) is 3.86. The summed E-state index contributed by atoms with van der Waals surface area (Å²) in [5.41, 5.74) is 8.73. The van der Waals surface area contributed by atoms with E-state index in [1.165, 1.54) is 32.7 Å². The van der Waals surface area contributed by atoms with Crippen molar-refractivity contribution in [3.05, 3.63) is 85.0 Å². The third-order valence-electron chi connectivity index (χ3n) is 8.93. The van der Waals surface area contributed by atoms with E-state index >= 15 is 0 Å². The molecule has 0 fully saturated rings. The zero-order chi connectivity index (χ0) is 29.9. The maximum Gasteiger partial charge on any atom is 0.128 e. The summed E-state index contributed by atoms with van der Waals surface area (Å²) in [6.45, 7) is 27.7. The van der Waals surface area contributed by atoms with E-state index in [2.05, 4.69) is 81.5 Å². The van der Waals surface area contributed by atoms with E-state index in [9.17, 15) is 0 Å². The number of hydrogen-bond donors (Lipinski definition) is 0. The second-order valence-electron chi connectivity index (χ2n) is 11.4. The topological polar surface area (TPSA) is 21.7 Å². The Morgan fingerprint density at radius 2 is 1.07 bits per heavy atom. The van der Waals surface area contributed by atoms with Crippen LogP contribution in [0, 0.1) is 0 Å². The molecule has 0 aliphatic carbocycles. The monoisotopic (exact) mass is 555 g/mol. The third-order valence-corrected chi connectivity index (χ3v) is 8.93. The maximum absolute atomic E-state index is 6.46. The first kappa shape index (κ1) is 27.9. The highest BCUT2D eigenvalue weighted by Gasteiger charge is 2.30. The summed E-state index contributed by atoms with van der Waals surface area (Å²) < 4.78 is 12.9. The van der Waals surface area contributed by atoms with Crippen LogP contribution in [0.4, 0.5) is 0 Å². The summed E-state index contributed by atoms with van der Waals surface area (Å²) in [4.78, 5) is 2.07. The first-order chi connectivity index (χ1) is 20.3. The van der Waals surface area contributed by atoms with Crippen LogP contribution in [0.5, 0.6) is 11.5 Å². The molecular weight excluding hydrogens is 514 g/mol. The molecule has 0 saturated heterocycles. The molecule has 0 saturated carbocycles. The number of hydrogen-bond acceptors (Lipinski definition) is 3. The maximum atomic E-state index is 6.46. The molecule has 3 nitrogen and oxygen atoms in total. The van der Waals surface area contributed by atoms with Gasteiger partial charge in [0.2, 0.25) is 0 Å². The van der Waals surface area contributed by atoms with E-state index in [0.717, 1.165) is 92.4 Å². The van der Waals surface area contributed by atoms with Crippen molar-refractivity contribution < 1.29 is 9.47 Å². The molecule has 42 heavy (non-hydrogen) atoms. The number of benzene rings is 5. The van der Waals surface area contributed by atoms with Gasteiger partial charge in [0.25, 0.3) is 0 Å². The zero-order valence-corrected chi connectivity index (χ0v) is 25.8. The van der Waals surface area contributed by atoms with Crippen LogP contribution in [0.1, 0.15) is 75.6 Å². The van der Waals surface area contributed by atoms with Gasteiger partial charge in [-0.2, -0.15) is 0 Å².